The van der Waals surface area contributed by atoms with Crippen molar-refractivity contribution >= 4 is 15.9 Å². The third-order valence-corrected chi connectivity index (χ3v) is 6.76. The van der Waals surface area contributed by atoms with Crippen LogP contribution in [0.3, 0.4) is 0 Å². The van der Waals surface area contributed by atoms with E-state index in [1.165, 1.54) is 10.5 Å². The summed E-state index contributed by atoms with van der Waals surface area (Å²) < 4.78 is 25.2. The minimum absolute atomic E-state index is 0.0777. The molecule has 0 saturated carbocycles. The molecule has 9 nitrogen and oxygen atoms in total. The lowest BCUT2D eigenvalue weighted by Gasteiger charge is -2.35. The van der Waals surface area contributed by atoms with Crippen molar-refractivity contribution in [1.82, 2.24) is 24.2 Å². The van der Waals surface area contributed by atoms with Crippen LogP contribution in [0.25, 0.3) is 0 Å². The van der Waals surface area contributed by atoms with E-state index in [0.29, 0.717) is 42.0 Å². The molecule has 4 heterocycles. The number of likely N-dealkylation sites (tertiary alicyclic amines) is 1. The van der Waals surface area contributed by atoms with Crippen molar-refractivity contribution in [3.8, 4) is 0 Å². The summed E-state index contributed by atoms with van der Waals surface area (Å²) in [5.74, 6) is 0.266. The predicted octanol–water partition coefficient (Wildman–Crippen LogP) is 0.850. The Kier molecular flexibility index (Phi) is 5.22. The number of hydrogen-bond acceptors (Lipinski definition) is 6. The van der Waals surface area contributed by atoms with E-state index in [1.54, 1.807) is 23.2 Å². The molecule has 4 rings (SSSR count). The van der Waals surface area contributed by atoms with Crippen LogP contribution in [0.2, 0.25) is 0 Å². The van der Waals surface area contributed by atoms with Crippen molar-refractivity contribution in [2.75, 3.05) is 19.3 Å². The molecular formula is C19H23N5O4S. The third-order valence-electron chi connectivity index (χ3n) is 5.51. The summed E-state index contributed by atoms with van der Waals surface area (Å²) in [6, 6.07) is 3.07. The monoisotopic (exact) mass is 417 g/mol. The molecule has 0 aliphatic carbocycles. The molecule has 154 valence electrons. The minimum Gasteiger partial charge on any atom is -0.328 e. The first-order chi connectivity index (χ1) is 13.8. The summed E-state index contributed by atoms with van der Waals surface area (Å²) >= 11 is 0. The van der Waals surface area contributed by atoms with E-state index in [2.05, 4.69) is 15.0 Å². The fourth-order valence-corrected chi connectivity index (χ4v) is 4.77. The van der Waals surface area contributed by atoms with Crippen LogP contribution in [-0.4, -0.2) is 57.8 Å². The van der Waals surface area contributed by atoms with Gasteiger partial charge in [0.25, 0.3) is 11.5 Å². The standard InChI is InChI=1S/C19H23N5O4S/c1-29(27,28)23-10-7-14-15(12-23)21-17(22-18(14)25)16-6-2-3-9-24(16)19(26)13-5-4-8-20-11-13/h4-5,8,11,16H,2-3,6-7,9-10,12H2,1H3,(H,21,22,25)/t16-/m1/s1. The van der Waals surface area contributed by atoms with Crippen molar-refractivity contribution in [1.29, 1.82) is 0 Å². The maximum atomic E-state index is 13.0. The molecule has 2 aromatic heterocycles. The molecule has 29 heavy (non-hydrogen) atoms. The van der Waals surface area contributed by atoms with Crippen molar-refractivity contribution < 1.29 is 13.2 Å². The average molecular weight is 417 g/mol. The number of aromatic nitrogens is 3. The predicted molar refractivity (Wildman–Crippen MR) is 106 cm³/mol. The number of aromatic amines is 1. The molecule has 10 heteroatoms. The minimum atomic E-state index is -3.37. The fourth-order valence-electron chi connectivity index (χ4n) is 3.99. The zero-order valence-corrected chi connectivity index (χ0v) is 17.0. The van der Waals surface area contributed by atoms with Gasteiger partial charge in [0.05, 0.1) is 30.1 Å². The smallest absolute Gasteiger partial charge is 0.256 e. The summed E-state index contributed by atoms with van der Waals surface area (Å²) in [7, 11) is -3.37. The van der Waals surface area contributed by atoms with Crippen LogP contribution in [0.15, 0.2) is 29.3 Å². The molecule has 0 radical (unpaired) electrons. The molecule has 2 aliphatic rings. The molecule has 0 unspecified atom stereocenters. The van der Waals surface area contributed by atoms with Gasteiger partial charge in [0.2, 0.25) is 10.0 Å². The van der Waals surface area contributed by atoms with Crippen molar-refractivity contribution in [3.05, 3.63) is 57.5 Å². The number of amides is 1. The van der Waals surface area contributed by atoms with Crippen molar-refractivity contribution in [2.24, 2.45) is 0 Å². The van der Waals surface area contributed by atoms with Crippen LogP contribution in [0.1, 0.15) is 52.7 Å². The second-order valence-electron chi connectivity index (χ2n) is 7.47. The zero-order valence-electron chi connectivity index (χ0n) is 16.2. The van der Waals surface area contributed by atoms with Gasteiger partial charge in [-0.3, -0.25) is 14.6 Å². The maximum Gasteiger partial charge on any atom is 0.256 e. The van der Waals surface area contributed by atoms with Crippen LogP contribution in [0.5, 0.6) is 0 Å². The lowest BCUT2D eigenvalue weighted by molar-refractivity contribution is 0.0598. The number of nitrogens with one attached hydrogen (secondary N) is 1. The lowest BCUT2D eigenvalue weighted by atomic mass is 9.99. The van der Waals surface area contributed by atoms with E-state index in [4.69, 9.17) is 0 Å². The van der Waals surface area contributed by atoms with Gasteiger partial charge in [-0.15, -0.1) is 0 Å². The molecule has 1 N–H and O–H groups in total. The third kappa shape index (κ3) is 3.95. The van der Waals surface area contributed by atoms with E-state index in [9.17, 15) is 18.0 Å². The number of fused-ring (bicyclic) bond motifs is 1. The Hall–Kier alpha value is -2.59. The zero-order chi connectivity index (χ0) is 20.6. The molecule has 1 saturated heterocycles. The highest BCUT2D eigenvalue weighted by molar-refractivity contribution is 7.88. The molecule has 0 bridgehead atoms. The normalized spacial score (nSPS) is 20.3. The number of carbonyl (C=O) groups is 1. The molecule has 2 aromatic rings. The van der Waals surface area contributed by atoms with Gasteiger partial charge in [0.15, 0.2) is 0 Å². The highest BCUT2D eigenvalue weighted by Crippen LogP contribution is 2.30. The molecule has 2 aliphatic heterocycles. The topological polar surface area (TPSA) is 116 Å². The van der Waals surface area contributed by atoms with Crippen molar-refractivity contribution in [2.45, 2.75) is 38.3 Å². The molecule has 0 aromatic carbocycles. The molecule has 1 atom stereocenters. The summed E-state index contributed by atoms with van der Waals surface area (Å²) in [5.41, 5.74) is 1.23. The van der Waals surface area contributed by atoms with Crippen LogP contribution in [0, 0.1) is 0 Å². The van der Waals surface area contributed by atoms with Crippen LogP contribution in [0.4, 0.5) is 0 Å². The maximum absolute atomic E-state index is 13.0. The molecular weight excluding hydrogens is 394 g/mol. The molecule has 1 fully saturated rings. The number of hydrogen-bond donors (Lipinski definition) is 1. The Morgan fingerprint density at radius 1 is 1.28 bits per heavy atom. The van der Waals surface area contributed by atoms with E-state index in [1.807, 2.05) is 0 Å². The summed E-state index contributed by atoms with van der Waals surface area (Å²) in [6.07, 6.45) is 7.10. The Balaban J connectivity index is 1.69. The van der Waals surface area contributed by atoms with E-state index < -0.39 is 10.0 Å². The average Bonchev–Trinajstić information content (AvgIpc) is 2.73. The second-order valence-corrected chi connectivity index (χ2v) is 9.46. The quantitative estimate of drug-likeness (QED) is 0.791. The Morgan fingerprint density at radius 3 is 2.83 bits per heavy atom. The summed E-state index contributed by atoms with van der Waals surface area (Å²) in [5, 5.41) is 0. The number of piperidine rings is 1. The van der Waals surface area contributed by atoms with Crippen molar-refractivity contribution in [3.63, 3.8) is 0 Å². The number of nitrogens with zero attached hydrogens (tertiary/aromatic N) is 4. The molecule has 1 amide bonds. The molecule has 0 spiro atoms. The van der Waals surface area contributed by atoms with Crippen LogP contribution in [-0.2, 0) is 23.0 Å². The van der Waals surface area contributed by atoms with E-state index in [-0.39, 0.29) is 30.6 Å². The van der Waals surface area contributed by atoms with Gasteiger partial charge in [0, 0.05) is 31.0 Å². The van der Waals surface area contributed by atoms with Gasteiger partial charge in [-0.25, -0.2) is 13.4 Å². The van der Waals surface area contributed by atoms with Gasteiger partial charge in [-0.2, -0.15) is 4.31 Å². The van der Waals surface area contributed by atoms with E-state index >= 15 is 0 Å². The van der Waals surface area contributed by atoms with Gasteiger partial charge in [-0.1, -0.05) is 0 Å². The summed E-state index contributed by atoms with van der Waals surface area (Å²) in [4.78, 5) is 38.9. The first kappa shape index (κ1) is 19.7. The number of pyridine rings is 1. The lowest BCUT2D eigenvalue weighted by Crippen LogP contribution is -2.42. The van der Waals surface area contributed by atoms with E-state index in [0.717, 1.165) is 19.1 Å². The largest absolute Gasteiger partial charge is 0.328 e. The number of sulfonamides is 1. The number of carbonyl (C=O) groups excluding carboxylic acids is 1. The van der Waals surface area contributed by atoms with Gasteiger partial charge in [-0.05, 0) is 37.8 Å². The van der Waals surface area contributed by atoms with Gasteiger partial charge in [0.1, 0.15) is 5.82 Å². The first-order valence-electron chi connectivity index (χ1n) is 9.62. The number of H-pyrrole nitrogens is 1. The Labute approximate surface area is 168 Å². The second kappa shape index (κ2) is 7.68. The highest BCUT2D eigenvalue weighted by atomic mass is 32.2. The van der Waals surface area contributed by atoms with Gasteiger partial charge < -0.3 is 9.88 Å². The van der Waals surface area contributed by atoms with Crippen LogP contribution < -0.4 is 5.56 Å². The summed E-state index contributed by atoms with van der Waals surface area (Å²) in [6.45, 7) is 0.911. The number of rotatable bonds is 3. The highest BCUT2D eigenvalue weighted by Gasteiger charge is 2.33. The first-order valence-corrected chi connectivity index (χ1v) is 11.5. The van der Waals surface area contributed by atoms with Crippen LogP contribution >= 0.6 is 0 Å². The SMILES string of the molecule is CS(=O)(=O)N1CCc2c(nc([C@H]3CCCCN3C(=O)c3cccnc3)[nH]c2=O)C1. The van der Waals surface area contributed by atoms with Gasteiger partial charge >= 0.3 is 0 Å². The Bertz CT molecular complexity index is 1080. The Morgan fingerprint density at radius 2 is 2.10 bits per heavy atom. The fraction of sp³-hybridized carbons (Fsp3) is 0.474.